The number of nitrogens with two attached hydrogens (primary N) is 1. The molecule has 1 aromatic carbocycles. The molecule has 7 nitrogen and oxygen atoms in total. The molecule has 0 aliphatic heterocycles. The van der Waals surface area contributed by atoms with Crippen LogP contribution in [0.5, 0.6) is 0 Å². The maximum Gasteiger partial charge on any atom is 0.293 e. The predicted octanol–water partition coefficient (Wildman–Crippen LogP) is 1.68. The van der Waals surface area contributed by atoms with E-state index < -0.39 is 4.92 Å². The van der Waals surface area contributed by atoms with E-state index in [1.807, 2.05) is 11.9 Å². The Morgan fingerprint density at radius 3 is 2.74 bits per heavy atom. The molecule has 0 amide bonds. The van der Waals surface area contributed by atoms with Gasteiger partial charge < -0.3 is 15.8 Å². The standard InChI is InChI=1S/C12H16N4O3/c1-15(9-3-2-4-9)10-6-5-8(12(13)14-17)7-11(10)16(18)19/h5-7,9,17H,2-4H2,1H3,(H2,13,14). The predicted molar refractivity (Wildman–Crippen MR) is 71.6 cm³/mol. The van der Waals surface area contributed by atoms with E-state index in [0.717, 1.165) is 19.3 Å². The highest BCUT2D eigenvalue weighted by Crippen LogP contribution is 2.34. The highest BCUT2D eigenvalue weighted by atomic mass is 16.6. The molecule has 102 valence electrons. The van der Waals surface area contributed by atoms with Crippen molar-refractivity contribution < 1.29 is 10.1 Å². The fourth-order valence-electron chi connectivity index (χ4n) is 2.16. The van der Waals surface area contributed by atoms with Crippen molar-refractivity contribution in [3.8, 4) is 0 Å². The zero-order valence-electron chi connectivity index (χ0n) is 10.6. The van der Waals surface area contributed by atoms with Crippen molar-refractivity contribution in [3.63, 3.8) is 0 Å². The zero-order chi connectivity index (χ0) is 14.0. The van der Waals surface area contributed by atoms with E-state index in [2.05, 4.69) is 5.16 Å². The summed E-state index contributed by atoms with van der Waals surface area (Å²) in [6.07, 6.45) is 3.26. The lowest BCUT2D eigenvalue weighted by atomic mass is 9.91. The zero-order valence-corrected chi connectivity index (χ0v) is 10.6. The van der Waals surface area contributed by atoms with Gasteiger partial charge in [0.1, 0.15) is 5.69 Å². The number of benzene rings is 1. The van der Waals surface area contributed by atoms with Crippen LogP contribution in [0.25, 0.3) is 0 Å². The molecule has 0 radical (unpaired) electrons. The minimum absolute atomic E-state index is 0.0292. The second kappa shape index (κ2) is 5.13. The van der Waals surface area contributed by atoms with Crippen LogP contribution in [0.3, 0.4) is 0 Å². The van der Waals surface area contributed by atoms with Gasteiger partial charge in [-0.25, -0.2) is 0 Å². The summed E-state index contributed by atoms with van der Waals surface area (Å²) < 4.78 is 0. The summed E-state index contributed by atoms with van der Waals surface area (Å²) in [5, 5.41) is 22.6. The van der Waals surface area contributed by atoms with Crippen LogP contribution in [0.1, 0.15) is 24.8 Å². The molecule has 7 heteroatoms. The molecule has 1 saturated carbocycles. The molecular formula is C12H16N4O3. The van der Waals surface area contributed by atoms with E-state index in [1.54, 1.807) is 12.1 Å². The molecule has 3 N–H and O–H groups in total. The van der Waals surface area contributed by atoms with Crippen LogP contribution in [0, 0.1) is 10.1 Å². The van der Waals surface area contributed by atoms with E-state index in [0.29, 0.717) is 17.3 Å². The Bertz CT molecular complexity index is 526. The largest absolute Gasteiger partial charge is 0.409 e. The lowest BCUT2D eigenvalue weighted by Gasteiger charge is -2.36. The number of rotatable bonds is 4. The van der Waals surface area contributed by atoms with Crippen molar-refractivity contribution in [1.82, 2.24) is 0 Å². The molecule has 1 aliphatic carbocycles. The van der Waals surface area contributed by atoms with Gasteiger partial charge in [-0.3, -0.25) is 10.1 Å². The lowest BCUT2D eigenvalue weighted by molar-refractivity contribution is -0.384. The monoisotopic (exact) mass is 264 g/mol. The molecule has 1 aliphatic rings. The van der Waals surface area contributed by atoms with Crippen molar-refractivity contribution in [1.29, 1.82) is 0 Å². The molecule has 0 spiro atoms. The van der Waals surface area contributed by atoms with Gasteiger partial charge in [0.2, 0.25) is 0 Å². The number of oxime groups is 1. The number of anilines is 1. The molecular weight excluding hydrogens is 248 g/mol. The van der Waals surface area contributed by atoms with Crippen LogP contribution in [0.2, 0.25) is 0 Å². The first kappa shape index (κ1) is 13.1. The number of nitro groups is 1. The molecule has 19 heavy (non-hydrogen) atoms. The van der Waals surface area contributed by atoms with Gasteiger partial charge >= 0.3 is 0 Å². The molecule has 0 saturated heterocycles. The highest BCUT2D eigenvalue weighted by molar-refractivity contribution is 5.98. The Morgan fingerprint density at radius 2 is 2.26 bits per heavy atom. The average molecular weight is 264 g/mol. The highest BCUT2D eigenvalue weighted by Gasteiger charge is 2.27. The normalized spacial score (nSPS) is 15.9. The third-order valence-electron chi connectivity index (χ3n) is 3.58. The van der Waals surface area contributed by atoms with Crippen molar-refractivity contribution in [2.24, 2.45) is 10.9 Å². The van der Waals surface area contributed by atoms with E-state index in [4.69, 9.17) is 10.9 Å². The van der Waals surface area contributed by atoms with Gasteiger partial charge in [0.05, 0.1) is 4.92 Å². The molecule has 2 rings (SSSR count). The van der Waals surface area contributed by atoms with Crippen molar-refractivity contribution >= 4 is 17.2 Å². The van der Waals surface area contributed by atoms with Gasteiger partial charge in [-0.2, -0.15) is 0 Å². The average Bonchev–Trinajstić information content (AvgIpc) is 2.34. The number of amidine groups is 1. The van der Waals surface area contributed by atoms with Crippen LogP contribution < -0.4 is 10.6 Å². The van der Waals surface area contributed by atoms with Gasteiger partial charge in [-0.1, -0.05) is 5.16 Å². The first-order valence-electron chi connectivity index (χ1n) is 6.03. The van der Waals surface area contributed by atoms with E-state index >= 15 is 0 Å². The maximum absolute atomic E-state index is 11.2. The van der Waals surface area contributed by atoms with Crippen LogP contribution in [-0.4, -0.2) is 29.1 Å². The van der Waals surface area contributed by atoms with Gasteiger partial charge in [0.25, 0.3) is 5.69 Å². The van der Waals surface area contributed by atoms with Gasteiger partial charge in [0, 0.05) is 24.7 Å². The first-order chi connectivity index (χ1) is 9.04. The Balaban J connectivity index is 2.40. The van der Waals surface area contributed by atoms with Gasteiger partial charge in [0.15, 0.2) is 5.84 Å². The fraction of sp³-hybridized carbons (Fsp3) is 0.417. The first-order valence-corrected chi connectivity index (χ1v) is 6.03. The Labute approximate surface area is 110 Å². The van der Waals surface area contributed by atoms with Gasteiger partial charge in [-0.15, -0.1) is 0 Å². The summed E-state index contributed by atoms with van der Waals surface area (Å²) in [6.45, 7) is 0. The van der Waals surface area contributed by atoms with Crippen molar-refractivity contribution in [2.75, 3.05) is 11.9 Å². The second-order valence-corrected chi connectivity index (χ2v) is 4.64. The number of hydrogen-bond acceptors (Lipinski definition) is 5. The SMILES string of the molecule is CN(c1ccc(/C(N)=N/O)cc1[N+](=O)[O-])C1CCC1. The topological polar surface area (TPSA) is 105 Å². The molecule has 0 atom stereocenters. The summed E-state index contributed by atoms with van der Waals surface area (Å²) in [5.74, 6) is -0.138. The van der Waals surface area contributed by atoms with Crippen LogP contribution in [0.4, 0.5) is 11.4 Å². The summed E-state index contributed by atoms with van der Waals surface area (Å²) >= 11 is 0. The van der Waals surface area contributed by atoms with E-state index in [-0.39, 0.29) is 11.5 Å². The van der Waals surface area contributed by atoms with Crippen LogP contribution in [-0.2, 0) is 0 Å². The van der Waals surface area contributed by atoms with Gasteiger partial charge in [-0.05, 0) is 31.4 Å². The van der Waals surface area contributed by atoms with E-state index in [1.165, 1.54) is 6.07 Å². The van der Waals surface area contributed by atoms with Crippen LogP contribution >= 0.6 is 0 Å². The summed E-state index contributed by atoms with van der Waals surface area (Å²) in [4.78, 5) is 12.6. The Hall–Kier alpha value is -2.31. The summed E-state index contributed by atoms with van der Waals surface area (Å²) in [5.41, 5.74) is 6.31. The Kier molecular flexibility index (Phi) is 3.55. The molecule has 0 unspecified atom stereocenters. The minimum atomic E-state index is -0.446. The number of nitrogens with zero attached hydrogens (tertiary/aromatic N) is 3. The smallest absolute Gasteiger partial charge is 0.293 e. The lowest BCUT2D eigenvalue weighted by Crippen LogP contribution is -2.37. The molecule has 1 aromatic rings. The third-order valence-corrected chi connectivity index (χ3v) is 3.58. The minimum Gasteiger partial charge on any atom is -0.409 e. The molecule has 1 fully saturated rings. The number of hydrogen-bond donors (Lipinski definition) is 2. The molecule has 0 aromatic heterocycles. The summed E-state index contributed by atoms with van der Waals surface area (Å²) in [6, 6.07) is 4.95. The molecule has 0 heterocycles. The maximum atomic E-state index is 11.2. The van der Waals surface area contributed by atoms with Crippen molar-refractivity contribution in [3.05, 3.63) is 33.9 Å². The Morgan fingerprint density at radius 1 is 1.58 bits per heavy atom. The van der Waals surface area contributed by atoms with E-state index in [9.17, 15) is 10.1 Å². The van der Waals surface area contributed by atoms with Crippen molar-refractivity contribution in [2.45, 2.75) is 25.3 Å². The quantitative estimate of drug-likeness (QED) is 0.283. The second-order valence-electron chi connectivity index (χ2n) is 4.64. The number of nitro benzene ring substituents is 1. The van der Waals surface area contributed by atoms with Crippen LogP contribution in [0.15, 0.2) is 23.4 Å². The molecule has 0 bridgehead atoms. The fourth-order valence-corrected chi connectivity index (χ4v) is 2.16. The summed E-state index contributed by atoms with van der Waals surface area (Å²) in [7, 11) is 1.86. The third kappa shape index (κ3) is 2.44.